The Morgan fingerprint density at radius 1 is 1.50 bits per heavy atom. The number of hydrogen-bond donors (Lipinski definition) is 7. The SMILES string of the molecule is C=C1N/C(NC/C(O)=C\C(=N)/C(C)=C\NC)=N\C(O)N/C=C/N=C\C(C)=C/1F. The van der Waals surface area contributed by atoms with Gasteiger partial charge in [-0.2, -0.15) is 0 Å². The molecular formula is C18H26FN7O2. The Labute approximate surface area is 163 Å². The zero-order valence-corrected chi connectivity index (χ0v) is 16.0. The van der Waals surface area contributed by atoms with E-state index in [0.29, 0.717) is 5.57 Å². The Morgan fingerprint density at radius 3 is 2.89 bits per heavy atom. The third-order valence-corrected chi connectivity index (χ3v) is 3.34. The van der Waals surface area contributed by atoms with Crippen molar-refractivity contribution >= 4 is 17.9 Å². The molecule has 0 spiro atoms. The summed E-state index contributed by atoms with van der Waals surface area (Å²) in [6.45, 7) is 6.72. The maximum Gasteiger partial charge on any atom is 0.226 e. The van der Waals surface area contributed by atoms with Crippen LogP contribution in [0.4, 0.5) is 4.39 Å². The van der Waals surface area contributed by atoms with Crippen LogP contribution >= 0.6 is 0 Å². The summed E-state index contributed by atoms with van der Waals surface area (Å²) in [4.78, 5) is 7.77. The molecule has 1 atom stereocenters. The van der Waals surface area contributed by atoms with E-state index in [1.54, 1.807) is 20.2 Å². The molecule has 1 heterocycles. The molecule has 28 heavy (non-hydrogen) atoms. The molecule has 0 fully saturated rings. The van der Waals surface area contributed by atoms with E-state index < -0.39 is 12.2 Å². The van der Waals surface area contributed by atoms with Crippen LogP contribution in [0.1, 0.15) is 13.8 Å². The minimum Gasteiger partial charge on any atom is -0.510 e. The van der Waals surface area contributed by atoms with Crippen LogP contribution in [0, 0.1) is 5.41 Å². The number of aliphatic hydroxyl groups excluding tert-OH is 2. The van der Waals surface area contributed by atoms with Crippen LogP contribution in [0.3, 0.4) is 0 Å². The van der Waals surface area contributed by atoms with Gasteiger partial charge in [0.25, 0.3) is 0 Å². The molecule has 0 aromatic carbocycles. The van der Waals surface area contributed by atoms with Gasteiger partial charge in [0, 0.05) is 43.5 Å². The summed E-state index contributed by atoms with van der Waals surface area (Å²) in [7, 11) is 1.71. The zero-order chi connectivity index (χ0) is 21.1. The second kappa shape index (κ2) is 11.3. The second-order valence-corrected chi connectivity index (χ2v) is 5.73. The molecule has 0 saturated heterocycles. The minimum atomic E-state index is -1.35. The summed E-state index contributed by atoms with van der Waals surface area (Å²) in [5.41, 5.74) is 0.878. The number of guanidine groups is 1. The highest BCUT2D eigenvalue weighted by Gasteiger charge is 2.11. The van der Waals surface area contributed by atoms with Gasteiger partial charge in [-0.3, -0.25) is 4.99 Å². The van der Waals surface area contributed by atoms with Crippen molar-refractivity contribution in [2.24, 2.45) is 9.98 Å². The molecule has 0 amide bonds. The molecule has 10 heteroatoms. The summed E-state index contributed by atoms with van der Waals surface area (Å²) in [5, 5.41) is 38.4. The molecule has 152 valence electrons. The van der Waals surface area contributed by atoms with Gasteiger partial charge in [-0.1, -0.05) is 6.58 Å². The van der Waals surface area contributed by atoms with Crippen LogP contribution in [-0.2, 0) is 0 Å². The smallest absolute Gasteiger partial charge is 0.226 e. The van der Waals surface area contributed by atoms with Crippen LogP contribution in [0.5, 0.6) is 0 Å². The van der Waals surface area contributed by atoms with Crippen molar-refractivity contribution in [2.75, 3.05) is 13.6 Å². The topological polar surface area (TPSA) is 137 Å². The van der Waals surface area contributed by atoms with Gasteiger partial charge in [0.2, 0.25) is 6.35 Å². The number of aliphatic hydroxyl groups is 2. The van der Waals surface area contributed by atoms with Gasteiger partial charge in [0.1, 0.15) is 5.76 Å². The lowest BCUT2D eigenvalue weighted by Crippen LogP contribution is -2.40. The largest absolute Gasteiger partial charge is 0.510 e. The Bertz CT molecular complexity index is 779. The maximum absolute atomic E-state index is 14.3. The van der Waals surface area contributed by atoms with Crippen LogP contribution in [0.2, 0.25) is 0 Å². The molecule has 0 aromatic rings. The van der Waals surface area contributed by atoms with E-state index >= 15 is 0 Å². The monoisotopic (exact) mass is 391 g/mol. The lowest BCUT2D eigenvalue weighted by molar-refractivity contribution is 0.162. The minimum absolute atomic E-state index is 0.0344. The number of aliphatic imine (C=N–C) groups is 2. The Kier molecular flexibility index (Phi) is 9.17. The van der Waals surface area contributed by atoms with Gasteiger partial charge >= 0.3 is 0 Å². The number of nitrogens with zero attached hydrogens (tertiary/aromatic N) is 2. The fourth-order valence-corrected chi connectivity index (χ4v) is 1.90. The second-order valence-electron chi connectivity index (χ2n) is 5.73. The van der Waals surface area contributed by atoms with Crippen LogP contribution in [0.25, 0.3) is 0 Å². The molecule has 7 N–H and O–H groups in total. The molecule has 1 rings (SSSR count). The number of nitrogens with one attached hydrogen (secondary N) is 5. The van der Waals surface area contributed by atoms with Crippen molar-refractivity contribution in [2.45, 2.75) is 20.2 Å². The average Bonchev–Trinajstić information content (AvgIpc) is 2.64. The summed E-state index contributed by atoms with van der Waals surface area (Å²) >= 11 is 0. The maximum atomic E-state index is 14.3. The Morgan fingerprint density at radius 2 is 2.21 bits per heavy atom. The fraction of sp³-hybridized carbons (Fsp3) is 0.278. The Balaban J connectivity index is 2.95. The van der Waals surface area contributed by atoms with Gasteiger partial charge < -0.3 is 36.9 Å². The fourth-order valence-electron chi connectivity index (χ4n) is 1.90. The van der Waals surface area contributed by atoms with Crippen molar-refractivity contribution < 1.29 is 14.6 Å². The van der Waals surface area contributed by atoms with Gasteiger partial charge in [-0.15, -0.1) is 0 Å². The molecule has 0 bridgehead atoms. The van der Waals surface area contributed by atoms with Crippen molar-refractivity contribution in [3.63, 3.8) is 0 Å². The molecule has 1 aliphatic rings. The quantitative estimate of drug-likeness (QED) is 0.279. The van der Waals surface area contributed by atoms with E-state index in [9.17, 15) is 14.6 Å². The predicted octanol–water partition coefficient (Wildman–Crippen LogP) is 1.28. The number of allylic oxidation sites excluding steroid dienone is 4. The van der Waals surface area contributed by atoms with Crippen molar-refractivity contribution in [1.82, 2.24) is 21.3 Å². The lowest BCUT2D eigenvalue weighted by atomic mass is 10.2. The molecule has 9 nitrogen and oxygen atoms in total. The third kappa shape index (κ3) is 7.87. The molecule has 0 saturated carbocycles. The Hall–Kier alpha value is -3.40. The van der Waals surface area contributed by atoms with Gasteiger partial charge in [-0.25, -0.2) is 9.38 Å². The average molecular weight is 391 g/mol. The van der Waals surface area contributed by atoms with Crippen molar-refractivity contribution in [3.8, 4) is 0 Å². The summed E-state index contributed by atoms with van der Waals surface area (Å²) in [5.74, 6) is -0.825. The first-order valence-electron chi connectivity index (χ1n) is 8.33. The molecule has 0 aromatic heterocycles. The first-order chi connectivity index (χ1) is 13.2. The molecule has 0 radical (unpaired) electrons. The van der Waals surface area contributed by atoms with Gasteiger partial charge in [0.05, 0.1) is 18.0 Å². The van der Waals surface area contributed by atoms with Crippen molar-refractivity contribution in [3.05, 3.63) is 59.7 Å². The third-order valence-electron chi connectivity index (χ3n) is 3.34. The first-order valence-corrected chi connectivity index (χ1v) is 8.33. The van der Waals surface area contributed by atoms with Crippen LogP contribution < -0.4 is 21.3 Å². The summed E-state index contributed by atoms with van der Waals surface area (Å²) in [6.07, 6.45) is 5.52. The lowest BCUT2D eigenvalue weighted by Gasteiger charge is -2.16. The van der Waals surface area contributed by atoms with E-state index in [2.05, 4.69) is 37.8 Å². The molecular weight excluding hydrogens is 365 g/mol. The van der Waals surface area contributed by atoms with E-state index in [4.69, 9.17) is 5.41 Å². The molecule has 1 aliphatic heterocycles. The first kappa shape index (κ1) is 22.6. The summed E-state index contributed by atoms with van der Waals surface area (Å²) in [6, 6.07) is 0. The standard InChI is InChI=1S/C18H26FN7O2/c1-11(8-21-4)15(20)7-14(27)10-24-17-25-13(3)16(19)12(2)9-22-5-6-23-18(28)26-17/h5-9,18,20-21,23,27-28H,3,10H2,1-2,4H3,(H2,24,25,26)/b6-5+,11-8-,14-7+,16-12+,20-15?,22-9-. The highest BCUT2D eigenvalue weighted by molar-refractivity contribution is 6.05. The van der Waals surface area contributed by atoms with E-state index in [1.807, 2.05) is 0 Å². The van der Waals surface area contributed by atoms with Crippen LogP contribution in [0.15, 0.2) is 69.7 Å². The highest BCUT2D eigenvalue weighted by Crippen LogP contribution is 2.11. The number of hydrogen-bond acceptors (Lipinski definition) is 9. The zero-order valence-electron chi connectivity index (χ0n) is 16.0. The van der Waals surface area contributed by atoms with E-state index in [-0.39, 0.29) is 35.2 Å². The van der Waals surface area contributed by atoms with E-state index in [1.165, 1.54) is 31.6 Å². The van der Waals surface area contributed by atoms with Gasteiger partial charge in [0.15, 0.2) is 11.8 Å². The molecule has 0 aliphatic carbocycles. The normalized spacial score (nSPS) is 25.8. The van der Waals surface area contributed by atoms with E-state index in [0.717, 1.165) is 0 Å². The van der Waals surface area contributed by atoms with Crippen molar-refractivity contribution in [1.29, 1.82) is 5.41 Å². The van der Waals surface area contributed by atoms with Crippen LogP contribution in [-0.4, -0.2) is 48.0 Å². The predicted molar refractivity (Wildman–Crippen MR) is 110 cm³/mol. The number of rotatable bonds is 5. The van der Waals surface area contributed by atoms with Gasteiger partial charge in [-0.05, 0) is 19.4 Å². The highest BCUT2D eigenvalue weighted by atomic mass is 19.1. The number of halogens is 1. The summed E-state index contributed by atoms with van der Waals surface area (Å²) < 4.78 is 14.3. The molecule has 1 unspecified atom stereocenters.